The van der Waals surface area contributed by atoms with Crippen LogP contribution in [0.2, 0.25) is 0 Å². The molecule has 3 fully saturated rings. The third-order valence-electron chi connectivity index (χ3n) is 7.65. The molecule has 4 nitrogen and oxygen atoms in total. The van der Waals surface area contributed by atoms with Crippen molar-refractivity contribution in [1.29, 1.82) is 0 Å². The Balaban J connectivity index is 1.29. The molecule has 190 valence electrons. The SMILES string of the molecule is O=C(O[C@H]1C[N+]2(CCc3ccccc3)CCC1CC2)N(Cc1cccs1)Cc1cc(F)c(F)cc1F. The molecule has 0 aliphatic carbocycles. The van der Waals surface area contributed by atoms with Crippen LogP contribution < -0.4 is 0 Å². The van der Waals surface area contributed by atoms with E-state index in [0.29, 0.717) is 12.0 Å². The van der Waals surface area contributed by atoms with E-state index in [9.17, 15) is 18.0 Å². The van der Waals surface area contributed by atoms with Crippen LogP contribution in [-0.2, 0) is 24.2 Å². The molecule has 0 spiro atoms. The third kappa shape index (κ3) is 5.60. The van der Waals surface area contributed by atoms with Gasteiger partial charge in [0.1, 0.15) is 12.4 Å². The largest absolute Gasteiger partial charge is 0.440 e. The fraction of sp³-hybridized carbons (Fsp3) is 0.393. The van der Waals surface area contributed by atoms with Crippen molar-refractivity contribution in [2.45, 2.75) is 38.5 Å². The van der Waals surface area contributed by atoms with Gasteiger partial charge in [-0.25, -0.2) is 18.0 Å². The first-order chi connectivity index (χ1) is 17.4. The van der Waals surface area contributed by atoms with E-state index in [0.717, 1.165) is 60.9 Å². The molecule has 3 aromatic rings. The molecular weight excluding hydrogens is 485 g/mol. The summed E-state index contributed by atoms with van der Waals surface area (Å²) in [5.74, 6) is -2.96. The number of carbonyl (C=O) groups is 1. The number of hydrogen-bond donors (Lipinski definition) is 0. The molecule has 3 aliphatic heterocycles. The lowest BCUT2D eigenvalue weighted by molar-refractivity contribution is -0.946. The first-order valence-electron chi connectivity index (χ1n) is 12.4. The van der Waals surface area contributed by atoms with Gasteiger partial charge in [0.05, 0.1) is 32.7 Å². The summed E-state index contributed by atoms with van der Waals surface area (Å²) in [7, 11) is 0. The van der Waals surface area contributed by atoms with Crippen molar-refractivity contribution in [2.75, 3.05) is 26.2 Å². The summed E-state index contributed by atoms with van der Waals surface area (Å²) < 4.78 is 48.7. The minimum atomic E-state index is -1.25. The van der Waals surface area contributed by atoms with E-state index in [4.69, 9.17) is 4.74 Å². The Labute approximate surface area is 213 Å². The molecule has 3 saturated heterocycles. The van der Waals surface area contributed by atoms with Gasteiger partial charge < -0.3 is 9.22 Å². The number of nitrogens with zero attached hydrogens (tertiary/aromatic N) is 2. The highest BCUT2D eigenvalue weighted by Gasteiger charge is 2.47. The van der Waals surface area contributed by atoms with Crippen molar-refractivity contribution in [3.8, 4) is 0 Å². The smallest absolute Gasteiger partial charge is 0.410 e. The van der Waals surface area contributed by atoms with Crippen molar-refractivity contribution in [1.82, 2.24) is 4.90 Å². The van der Waals surface area contributed by atoms with Gasteiger partial charge in [-0.05, 0) is 23.1 Å². The van der Waals surface area contributed by atoms with E-state index in [2.05, 4.69) is 24.3 Å². The molecule has 2 aromatic carbocycles. The summed E-state index contributed by atoms with van der Waals surface area (Å²) in [6.07, 6.45) is 2.24. The van der Waals surface area contributed by atoms with Gasteiger partial charge in [0, 0.05) is 41.7 Å². The Bertz CT molecular complexity index is 1180. The van der Waals surface area contributed by atoms with Crippen LogP contribution in [0.1, 0.15) is 28.8 Å². The minimum Gasteiger partial charge on any atom is -0.440 e. The van der Waals surface area contributed by atoms with Gasteiger partial charge in [-0.15, -0.1) is 11.3 Å². The van der Waals surface area contributed by atoms with E-state index in [-0.39, 0.29) is 24.8 Å². The van der Waals surface area contributed by atoms with Gasteiger partial charge in [-0.1, -0.05) is 36.4 Å². The lowest BCUT2D eigenvalue weighted by atomic mass is 9.83. The summed E-state index contributed by atoms with van der Waals surface area (Å²) in [5.41, 5.74) is 1.23. The number of hydrogen-bond acceptors (Lipinski definition) is 3. The molecular formula is C28H30F3N2O2S+. The van der Waals surface area contributed by atoms with E-state index in [1.54, 1.807) is 0 Å². The van der Waals surface area contributed by atoms with Gasteiger partial charge in [0.15, 0.2) is 17.7 Å². The molecule has 36 heavy (non-hydrogen) atoms. The normalized spacial score (nSPS) is 23.0. The number of thiophene rings is 1. The Kier molecular flexibility index (Phi) is 7.34. The zero-order valence-electron chi connectivity index (χ0n) is 20.0. The van der Waals surface area contributed by atoms with E-state index in [1.807, 2.05) is 23.6 Å². The second kappa shape index (κ2) is 10.6. The molecule has 1 amide bonds. The average Bonchev–Trinajstić information content (AvgIpc) is 3.40. The Morgan fingerprint density at radius 1 is 0.972 bits per heavy atom. The van der Waals surface area contributed by atoms with Crippen LogP contribution >= 0.6 is 11.3 Å². The Hall–Kier alpha value is -2.84. The van der Waals surface area contributed by atoms with Crippen LogP contribution in [0, 0.1) is 23.4 Å². The summed E-state index contributed by atoms with van der Waals surface area (Å²) in [6.45, 7) is 3.96. The first kappa shape index (κ1) is 24.8. The Morgan fingerprint density at radius 3 is 2.44 bits per heavy atom. The maximum absolute atomic E-state index is 14.4. The number of halogens is 3. The zero-order chi connectivity index (χ0) is 25.1. The fourth-order valence-corrected chi connectivity index (χ4v) is 6.27. The molecule has 0 unspecified atom stereocenters. The number of piperidine rings is 3. The van der Waals surface area contributed by atoms with Crippen molar-refractivity contribution in [3.05, 3.63) is 93.4 Å². The molecule has 6 rings (SSSR count). The average molecular weight is 516 g/mol. The number of benzene rings is 2. The fourth-order valence-electron chi connectivity index (χ4n) is 5.55. The number of rotatable bonds is 8. The molecule has 0 saturated carbocycles. The van der Waals surface area contributed by atoms with Crippen molar-refractivity contribution in [3.63, 3.8) is 0 Å². The summed E-state index contributed by atoms with van der Waals surface area (Å²) >= 11 is 1.47. The lowest BCUT2D eigenvalue weighted by Crippen LogP contribution is -2.65. The maximum Gasteiger partial charge on any atom is 0.410 e. The quantitative estimate of drug-likeness (QED) is 0.266. The molecule has 4 heterocycles. The van der Waals surface area contributed by atoms with Crippen molar-refractivity contribution in [2.24, 2.45) is 5.92 Å². The van der Waals surface area contributed by atoms with Crippen LogP contribution in [-0.4, -0.2) is 47.8 Å². The van der Waals surface area contributed by atoms with Gasteiger partial charge in [0.2, 0.25) is 0 Å². The van der Waals surface area contributed by atoms with Crippen LogP contribution in [0.5, 0.6) is 0 Å². The van der Waals surface area contributed by atoms with Gasteiger partial charge in [0.25, 0.3) is 0 Å². The molecule has 1 aromatic heterocycles. The van der Waals surface area contributed by atoms with E-state index < -0.39 is 23.5 Å². The van der Waals surface area contributed by atoms with Gasteiger partial charge in [-0.2, -0.15) is 0 Å². The predicted octanol–water partition coefficient (Wildman–Crippen LogP) is 6.16. The monoisotopic (exact) mass is 515 g/mol. The number of amides is 1. The van der Waals surface area contributed by atoms with Crippen LogP contribution in [0.3, 0.4) is 0 Å². The maximum atomic E-state index is 14.4. The number of ether oxygens (including phenoxy) is 1. The second-order valence-corrected chi connectivity index (χ2v) is 11.0. The van der Waals surface area contributed by atoms with E-state index >= 15 is 0 Å². The minimum absolute atomic E-state index is 0.0808. The Morgan fingerprint density at radius 2 is 1.72 bits per heavy atom. The third-order valence-corrected chi connectivity index (χ3v) is 8.51. The second-order valence-electron chi connectivity index (χ2n) is 9.98. The molecule has 1 atom stereocenters. The first-order valence-corrected chi connectivity index (χ1v) is 13.3. The van der Waals surface area contributed by atoms with Crippen LogP contribution in [0.4, 0.5) is 18.0 Å². The van der Waals surface area contributed by atoms with Crippen molar-refractivity contribution >= 4 is 17.4 Å². The number of carbonyl (C=O) groups excluding carboxylic acids is 1. The number of quaternary nitrogens is 1. The van der Waals surface area contributed by atoms with Crippen molar-refractivity contribution < 1.29 is 27.2 Å². The molecule has 3 aliphatic rings. The molecule has 0 N–H and O–H groups in total. The van der Waals surface area contributed by atoms with Gasteiger partial charge >= 0.3 is 6.09 Å². The standard InChI is InChI=1S/C28H30F3N2O2S/c29-24-16-26(31)25(30)15-22(24)17-32(18-23-7-4-14-36-23)28(34)35-27-19-33(12-9-21(27)10-13-33)11-8-20-5-2-1-3-6-20/h1-7,14-16,21,27H,8-13,17-19H2/q+1/t21?,27-,33?/m0/s1. The number of fused-ring (bicyclic) bond motifs is 3. The molecule has 8 heteroatoms. The summed E-state index contributed by atoms with van der Waals surface area (Å²) in [4.78, 5) is 15.7. The highest BCUT2D eigenvalue weighted by atomic mass is 32.1. The van der Waals surface area contributed by atoms with Crippen LogP contribution in [0.25, 0.3) is 0 Å². The summed E-state index contributed by atoms with van der Waals surface area (Å²) in [6, 6.07) is 15.5. The zero-order valence-corrected chi connectivity index (χ0v) is 20.9. The van der Waals surface area contributed by atoms with E-state index in [1.165, 1.54) is 21.8 Å². The molecule has 2 bridgehead atoms. The van der Waals surface area contributed by atoms with Gasteiger partial charge in [-0.3, -0.25) is 4.90 Å². The topological polar surface area (TPSA) is 29.5 Å². The predicted molar refractivity (Wildman–Crippen MR) is 133 cm³/mol. The van der Waals surface area contributed by atoms with Crippen LogP contribution in [0.15, 0.2) is 60.0 Å². The summed E-state index contributed by atoms with van der Waals surface area (Å²) in [5, 5.41) is 1.89. The lowest BCUT2D eigenvalue weighted by Gasteiger charge is -2.52. The highest BCUT2D eigenvalue weighted by Crippen LogP contribution is 2.36. The highest BCUT2D eigenvalue weighted by molar-refractivity contribution is 7.09. The molecule has 0 radical (unpaired) electrons.